The fourth-order valence-electron chi connectivity index (χ4n) is 0.798. The summed E-state index contributed by atoms with van der Waals surface area (Å²) in [6.07, 6.45) is -2.19. The number of aliphatic hydroxyl groups excluding tert-OH is 1. The van der Waals surface area contributed by atoms with Crippen LogP contribution < -0.4 is 5.32 Å². The lowest BCUT2D eigenvalue weighted by Gasteiger charge is -2.11. The molecule has 0 aromatic rings. The molecule has 0 aliphatic rings. The lowest BCUT2D eigenvalue weighted by molar-refractivity contribution is -0.0190. The highest BCUT2D eigenvalue weighted by atomic mass is 19.3. The molecule has 3 nitrogen and oxygen atoms in total. The van der Waals surface area contributed by atoms with Crippen molar-refractivity contribution in [2.45, 2.75) is 25.9 Å². The molecule has 0 saturated carbocycles. The van der Waals surface area contributed by atoms with E-state index in [1.807, 2.05) is 6.92 Å². The summed E-state index contributed by atoms with van der Waals surface area (Å²) in [6, 6.07) is 0. The van der Waals surface area contributed by atoms with Crippen LogP contribution in [-0.2, 0) is 4.74 Å². The van der Waals surface area contributed by atoms with Crippen molar-refractivity contribution in [3.63, 3.8) is 0 Å². The van der Waals surface area contributed by atoms with Crippen LogP contribution in [0, 0.1) is 0 Å². The molecule has 0 spiro atoms. The number of ether oxygens (including phenoxy) is 1. The van der Waals surface area contributed by atoms with Gasteiger partial charge in [0.1, 0.15) is 6.61 Å². The quantitative estimate of drug-likeness (QED) is 0.561. The predicted molar refractivity (Wildman–Crippen MR) is 46.0 cm³/mol. The second kappa shape index (κ2) is 8.34. The molecule has 0 rings (SSSR count). The van der Waals surface area contributed by atoms with Gasteiger partial charge in [-0.3, -0.25) is 0 Å². The highest BCUT2D eigenvalue weighted by molar-refractivity contribution is 4.57. The van der Waals surface area contributed by atoms with Crippen molar-refractivity contribution < 1.29 is 18.6 Å². The monoisotopic (exact) mass is 197 g/mol. The topological polar surface area (TPSA) is 41.5 Å². The van der Waals surface area contributed by atoms with Gasteiger partial charge in [0.15, 0.2) is 0 Å². The molecular formula is C8H17F2NO2. The maximum absolute atomic E-state index is 11.6. The Labute approximate surface area is 77.1 Å². The smallest absolute Gasteiger partial charge is 0.261 e. The van der Waals surface area contributed by atoms with E-state index in [1.165, 1.54) is 0 Å². The Bertz CT molecular complexity index is 114. The van der Waals surface area contributed by atoms with Gasteiger partial charge in [0.05, 0.1) is 12.7 Å². The fourth-order valence-corrected chi connectivity index (χ4v) is 0.798. The van der Waals surface area contributed by atoms with Gasteiger partial charge in [-0.1, -0.05) is 6.92 Å². The zero-order valence-corrected chi connectivity index (χ0v) is 7.80. The molecule has 5 heteroatoms. The van der Waals surface area contributed by atoms with Crippen molar-refractivity contribution in [2.24, 2.45) is 0 Å². The second-order valence-corrected chi connectivity index (χ2v) is 2.79. The lowest BCUT2D eigenvalue weighted by atomic mass is 10.3. The van der Waals surface area contributed by atoms with Gasteiger partial charge >= 0.3 is 0 Å². The molecule has 0 saturated heterocycles. The van der Waals surface area contributed by atoms with E-state index in [1.54, 1.807) is 0 Å². The van der Waals surface area contributed by atoms with Gasteiger partial charge in [-0.15, -0.1) is 0 Å². The first-order valence-corrected chi connectivity index (χ1v) is 4.41. The van der Waals surface area contributed by atoms with E-state index >= 15 is 0 Å². The van der Waals surface area contributed by atoms with E-state index in [4.69, 9.17) is 5.11 Å². The van der Waals surface area contributed by atoms with Crippen molar-refractivity contribution in [1.29, 1.82) is 0 Å². The van der Waals surface area contributed by atoms with Gasteiger partial charge in [-0.05, 0) is 13.0 Å². The minimum Gasteiger partial charge on any atom is -0.389 e. The third-order valence-electron chi connectivity index (χ3n) is 1.36. The number of aliphatic hydroxyl groups is 1. The summed E-state index contributed by atoms with van der Waals surface area (Å²) in [5, 5.41) is 12.1. The maximum Gasteiger partial charge on any atom is 0.261 e. The largest absolute Gasteiger partial charge is 0.389 e. The molecular weight excluding hydrogens is 180 g/mol. The van der Waals surface area contributed by atoms with Crippen molar-refractivity contribution in [1.82, 2.24) is 5.32 Å². The molecule has 0 amide bonds. The summed E-state index contributed by atoms with van der Waals surface area (Å²) in [5.41, 5.74) is 0. The van der Waals surface area contributed by atoms with Crippen molar-refractivity contribution >= 4 is 0 Å². The number of halogens is 2. The SMILES string of the molecule is CCCNCC(O)COCC(F)F. The van der Waals surface area contributed by atoms with Crippen molar-refractivity contribution in [3.05, 3.63) is 0 Å². The number of alkyl halides is 2. The van der Waals surface area contributed by atoms with Crippen LogP contribution in [0.5, 0.6) is 0 Å². The highest BCUT2D eigenvalue weighted by Gasteiger charge is 2.06. The molecule has 1 unspecified atom stereocenters. The number of hydrogen-bond acceptors (Lipinski definition) is 3. The van der Waals surface area contributed by atoms with Crippen LogP contribution in [0.3, 0.4) is 0 Å². The minimum absolute atomic E-state index is 0.0406. The van der Waals surface area contributed by atoms with E-state index < -0.39 is 19.1 Å². The summed E-state index contributed by atoms with van der Waals surface area (Å²) in [7, 11) is 0. The molecule has 13 heavy (non-hydrogen) atoms. The Morgan fingerprint density at radius 1 is 1.38 bits per heavy atom. The van der Waals surface area contributed by atoms with Gasteiger partial charge in [0, 0.05) is 6.54 Å². The first-order valence-electron chi connectivity index (χ1n) is 4.41. The highest BCUT2D eigenvalue weighted by Crippen LogP contribution is 1.93. The Hall–Kier alpha value is -0.260. The number of rotatable bonds is 8. The number of hydrogen-bond donors (Lipinski definition) is 2. The standard InChI is InChI=1S/C8H17F2NO2/c1-2-3-11-4-7(12)5-13-6-8(9)10/h7-8,11-12H,2-6H2,1H3. The van der Waals surface area contributed by atoms with E-state index in [-0.39, 0.29) is 6.61 Å². The Morgan fingerprint density at radius 3 is 2.62 bits per heavy atom. The molecule has 80 valence electrons. The van der Waals surface area contributed by atoms with Gasteiger partial charge in [0.25, 0.3) is 6.43 Å². The summed E-state index contributed by atoms with van der Waals surface area (Å²) in [6.45, 7) is 2.56. The van der Waals surface area contributed by atoms with E-state index in [0.717, 1.165) is 13.0 Å². The third kappa shape index (κ3) is 9.66. The molecule has 2 N–H and O–H groups in total. The van der Waals surface area contributed by atoms with Crippen LogP contribution in [0.2, 0.25) is 0 Å². The van der Waals surface area contributed by atoms with Crippen LogP contribution in [0.1, 0.15) is 13.3 Å². The van der Waals surface area contributed by atoms with Crippen LogP contribution in [0.25, 0.3) is 0 Å². The van der Waals surface area contributed by atoms with Crippen molar-refractivity contribution in [2.75, 3.05) is 26.3 Å². The summed E-state index contributed by atoms with van der Waals surface area (Å²) in [5.74, 6) is 0. The number of nitrogens with one attached hydrogen (secondary N) is 1. The van der Waals surface area contributed by atoms with Crippen LogP contribution in [0.4, 0.5) is 8.78 Å². The average molecular weight is 197 g/mol. The Balaban J connectivity index is 3.15. The van der Waals surface area contributed by atoms with Crippen molar-refractivity contribution in [3.8, 4) is 0 Å². The zero-order chi connectivity index (χ0) is 10.1. The minimum atomic E-state index is -2.46. The van der Waals surface area contributed by atoms with Gasteiger partial charge < -0.3 is 15.2 Å². The van der Waals surface area contributed by atoms with Crippen LogP contribution in [0.15, 0.2) is 0 Å². The van der Waals surface area contributed by atoms with Crippen LogP contribution >= 0.6 is 0 Å². The molecule has 0 aliphatic carbocycles. The molecule has 0 aromatic heterocycles. The first kappa shape index (κ1) is 12.7. The predicted octanol–water partition coefficient (Wildman–Crippen LogP) is 0.629. The van der Waals surface area contributed by atoms with Gasteiger partial charge in [-0.2, -0.15) is 0 Å². The summed E-state index contributed by atoms with van der Waals surface area (Å²) < 4.78 is 27.7. The zero-order valence-electron chi connectivity index (χ0n) is 7.80. The van der Waals surface area contributed by atoms with E-state index in [0.29, 0.717) is 6.54 Å². The summed E-state index contributed by atoms with van der Waals surface area (Å²) >= 11 is 0. The molecule has 0 heterocycles. The van der Waals surface area contributed by atoms with Gasteiger partial charge in [-0.25, -0.2) is 8.78 Å². The second-order valence-electron chi connectivity index (χ2n) is 2.79. The van der Waals surface area contributed by atoms with E-state index in [2.05, 4.69) is 10.1 Å². The molecule has 0 aliphatic heterocycles. The maximum atomic E-state index is 11.6. The van der Waals surface area contributed by atoms with Gasteiger partial charge in [0.2, 0.25) is 0 Å². The first-order chi connectivity index (χ1) is 6.16. The fraction of sp³-hybridized carbons (Fsp3) is 1.00. The normalized spacial score (nSPS) is 13.6. The Kier molecular flexibility index (Phi) is 8.18. The third-order valence-corrected chi connectivity index (χ3v) is 1.36. The average Bonchev–Trinajstić information content (AvgIpc) is 2.04. The molecule has 0 bridgehead atoms. The lowest BCUT2D eigenvalue weighted by Crippen LogP contribution is -2.31. The van der Waals surface area contributed by atoms with E-state index in [9.17, 15) is 8.78 Å². The molecule has 0 radical (unpaired) electrons. The summed E-state index contributed by atoms with van der Waals surface area (Å²) in [4.78, 5) is 0. The molecule has 0 aromatic carbocycles. The van der Waals surface area contributed by atoms with Crippen LogP contribution in [-0.4, -0.2) is 43.9 Å². The molecule has 0 fully saturated rings. The Morgan fingerprint density at radius 2 is 2.08 bits per heavy atom. The molecule has 1 atom stereocenters.